The van der Waals surface area contributed by atoms with Crippen LogP contribution >= 0.6 is 24.8 Å². The Labute approximate surface area is 319 Å². The normalized spacial score (nSPS) is 16.7. The molecule has 0 nitrogen and oxygen atoms in total. The predicted molar refractivity (Wildman–Crippen MR) is 230 cm³/mol. The van der Waals surface area contributed by atoms with Crippen molar-refractivity contribution in [1.29, 1.82) is 0 Å². The first-order valence-corrected chi connectivity index (χ1v) is 31.7. The van der Waals surface area contributed by atoms with Crippen LogP contribution in [0.2, 0.25) is 9.26 Å². The summed E-state index contributed by atoms with van der Waals surface area (Å²) in [6, 6.07) is 38.6. The summed E-state index contributed by atoms with van der Waals surface area (Å²) in [4.78, 5) is 0. The molecule has 0 bridgehead atoms. The molecule has 4 heteroatoms. The molecular formula is C47H50Cl2SiZr. The van der Waals surface area contributed by atoms with Crippen molar-refractivity contribution in [1.82, 2.24) is 0 Å². The average Bonchev–Trinajstić information content (AvgIpc) is 3.67. The van der Waals surface area contributed by atoms with Gasteiger partial charge < -0.3 is 0 Å². The van der Waals surface area contributed by atoms with Gasteiger partial charge in [0.2, 0.25) is 0 Å². The first kappa shape index (κ1) is 37.7. The van der Waals surface area contributed by atoms with Crippen molar-refractivity contribution in [3.8, 4) is 22.3 Å². The predicted octanol–water partition coefficient (Wildman–Crippen LogP) is 13.7. The zero-order chi connectivity index (χ0) is 34.4. The Morgan fingerprint density at radius 1 is 0.549 bits per heavy atom. The van der Waals surface area contributed by atoms with E-state index in [0.717, 1.165) is 0 Å². The summed E-state index contributed by atoms with van der Waals surface area (Å²) in [6.07, 6.45) is 5.23. The second kappa shape index (κ2) is 13.4. The summed E-state index contributed by atoms with van der Waals surface area (Å²) >= 11 is -3.82. The van der Waals surface area contributed by atoms with E-state index in [1.165, 1.54) is 71.6 Å². The van der Waals surface area contributed by atoms with Gasteiger partial charge in [-0.15, -0.1) is 24.8 Å². The Hall–Kier alpha value is -3.00. The second-order valence-corrected chi connectivity index (χ2v) is 46.9. The van der Waals surface area contributed by atoms with Crippen LogP contribution < -0.4 is 0 Å². The maximum absolute atomic E-state index is 3.82. The van der Waals surface area contributed by atoms with Crippen molar-refractivity contribution < 1.29 is 17.4 Å². The number of fused-ring (bicyclic) bond motifs is 4. The molecule has 6 aromatic carbocycles. The average molecular weight is 805 g/mol. The third-order valence-corrected chi connectivity index (χ3v) is 29.9. The molecule has 2 atom stereocenters. The molecule has 2 aliphatic rings. The van der Waals surface area contributed by atoms with E-state index in [1.807, 2.05) is 0 Å². The van der Waals surface area contributed by atoms with Gasteiger partial charge in [0, 0.05) is 0 Å². The summed E-state index contributed by atoms with van der Waals surface area (Å²) in [5.74, 6) is 0.479. The van der Waals surface area contributed by atoms with Gasteiger partial charge in [0.15, 0.2) is 0 Å². The Balaban J connectivity index is 0.00000224. The third kappa shape index (κ3) is 5.72. The monoisotopic (exact) mass is 802 g/mol. The SMILES string of the molecule is CC1=Cc2c(-c3cccc4ccccc34)c(C)c(C)c(C)c2[CH]1[Zr]([CH3])([CH3])(=[SiH2])[CH]1C(C(C)C)=Cc2c(-c3cccc4ccccc34)cccc21.Cl.Cl. The quantitative estimate of drug-likeness (QED) is 0.152. The van der Waals surface area contributed by atoms with Crippen molar-refractivity contribution in [2.24, 2.45) is 5.92 Å². The zero-order valence-electron chi connectivity index (χ0n) is 31.2. The molecule has 51 heavy (non-hydrogen) atoms. The smallest absolute Gasteiger partial charge is 0.147 e. The van der Waals surface area contributed by atoms with Gasteiger partial charge in [-0.2, -0.15) is 0 Å². The molecule has 0 fully saturated rings. The van der Waals surface area contributed by atoms with Crippen molar-refractivity contribution >= 4 is 65.4 Å². The van der Waals surface area contributed by atoms with Gasteiger partial charge in [-0.05, 0) is 0 Å². The molecule has 0 radical (unpaired) electrons. The van der Waals surface area contributed by atoms with Gasteiger partial charge >= 0.3 is 297 Å². The number of hydrogen-bond acceptors (Lipinski definition) is 0. The fourth-order valence-electron chi connectivity index (χ4n) is 10.1. The Morgan fingerprint density at radius 2 is 1.08 bits per heavy atom. The van der Waals surface area contributed by atoms with E-state index in [0.29, 0.717) is 13.2 Å². The maximum Gasteiger partial charge on any atom is -0.147 e. The van der Waals surface area contributed by atoms with Gasteiger partial charge in [-0.25, -0.2) is 0 Å². The number of benzene rings is 6. The minimum Gasteiger partial charge on any atom is -0.147 e. The van der Waals surface area contributed by atoms with Crippen molar-refractivity contribution in [3.05, 3.63) is 153 Å². The van der Waals surface area contributed by atoms with Crippen molar-refractivity contribution in [2.45, 2.75) is 58.1 Å². The van der Waals surface area contributed by atoms with Crippen LogP contribution in [-0.2, 0) is 17.4 Å². The molecular weight excluding hydrogens is 755 g/mol. The van der Waals surface area contributed by atoms with Crippen LogP contribution in [0.15, 0.2) is 114 Å². The summed E-state index contributed by atoms with van der Waals surface area (Å²) in [7, 11) is 0. The fraction of sp³-hybridized carbons (Fsp3) is 0.234. The van der Waals surface area contributed by atoms with Crippen molar-refractivity contribution in [2.75, 3.05) is 0 Å². The van der Waals surface area contributed by atoms with E-state index in [9.17, 15) is 0 Å². The molecule has 0 saturated carbocycles. The molecule has 0 amide bonds. The number of allylic oxidation sites excluding steroid dienone is 2. The van der Waals surface area contributed by atoms with E-state index in [1.54, 1.807) is 22.3 Å². The van der Waals surface area contributed by atoms with Crippen LogP contribution in [0.4, 0.5) is 0 Å². The molecule has 6 aromatic rings. The first-order chi connectivity index (χ1) is 23.4. The molecule has 8 rings (SSSR count). The van der Waals surface area contributed by atoms with E-state index < -0.39 is 17.4 Å². The molecule has 2 aliphatic carbocycles. The van der Waals surface area contributed by atoms with Gasteiger partial charge in [0.1, 0.15) is 0 Å². The molecule has 0 heterocycles. The summed E-state index contributed by atoms with van der Waals surface area (Å²) in [5, 5.41) is 5.30. The second-order valence-electron chi connectivity index (χ2n) is 16.4. The number of hydrogen-bond donors (Lipinski definition) is 0. The molecule has 0 saturated heterocycles. The fourth-order valence-corrected chi connectivity index (χ4v) is 30.7. The molecule has 0 spiro atoms. The van der Waals surface area contributed by atoms with Gasteiger partial charge in [0.05, 0.1) is 0 Å². The van der Waals surface area contributed by atoms with E-state index >= 15 is 0 Å². The van der Waals surface area contributed by atoms with Gasteiger partial charge in [-0.3, -0.25) is 0 Å². The summed E-state index contributed by atoms with van der Waals surface area (Å²) in [6.45, 7) is 16.9. The Kier molecular flexibility index (Phi) is 9.95. The Bertz CT molecular complexity index is 2500. The maximum atomic E-state index is 2.80. The van der Waals surface area contributed by atoms with Crippen molar-refractivity contribution in [3.63, 3.8) is 0 Å². The Morgan fingerprint density at radius 3 is 1.71 bits per heavy atom. The molecule has 2 unspecified atom stereocenters. The van der Waals surface area contributed by atoms with Crippen LogP contribution in [0.25, 0.3) is 56.0 Å². The first-order valence-electron chi connectivity index (χ1n) is 18.1. The summed E-state index contributed by atoms with van der Waals surface area (Å²) < 4.78 is 6.54. The molecule has 0 N–H and O–H groups in total. The number of halogens is 2. The van der Waals surface area contributed by atoms with Gasteiger partial charge in [0.25, 0.3) is 0 Å². The van der Waals surface area contributed by atoms with E-state index in [-0.39, 0.29) is 24.8 Å². The molecule has 0 aromatic heterocycles. The number of rotatable bonds is 5. The molecule has 260 valence electrons. The zero-order valence-corrected chi connectivity index (χ0v) is 36.7. The molecule has 0 aliphatic heterocycles. The minimum atomic E-state index is -3.82. The summed E-state index contributed by atoms with van der Waals surface area (Å²) in [5.41, 5.74) is 19.2. The topological polar surface area (TPSA) is 0 Å². The van der Waals surface area contributed by atoms with Gasteiger partial charge in [-0.1, -0.05) is 0 Å². The van der Waals surface area contributed by atoms with Crippen LogP contribution in [0.3, 0.4) is 0 Å². The van der Waals surface area contributed by atoms with Crippen LogP contribution in [-0.4, -0.2) is 6.88 Å². The standard InChI is InChI=1S/C23H21.C22H19.2CH3.2ClH.H2Si.Zr/c1-14-12-21-16(3)15(2)17(4)23(22(21)13-14)20-11-7-9-18-8-5-6-10-19(18)20;1-15(2)18-13-17-9-6-12-21(22(17)14-18)20-11-5-8-16-7-3-4-10-19(16)20;;;;;;/h5-13H,1-4H3;3-15H,1-2H3;2*1H3;2*1H;1H2;. The van der Waals surface area contributed by atoms with Crippen LogP contribution in [0.1, 0.15) is 67.0 Å². The van der Waals surface area contributed by atoms with E-state index in [2.05, 4.69) is 173 Å². The van der Waals surface area contributed by atoms with Crippen LogP contribution in [0.5, 0.6) is 0 Å². The largest absolute Gasteiger partial charge is 0.147 e. The third-order valence-electron chi connectivity index (χ3n) is 12.4. The minimum absolute atomic E-state index is 0. The van der Waals surface area contributed by atoms with E-state index in [4.69, 9.17) is 0 Å². The van der Waals surface area contributed by atoms with Crippen LogP contribution in [0, 0.1) is 26.7 Å².